The summed E-state index contributed by atoms with van der Waals surface area (Å²) in [6.45, 7) is 2.27. The molecule has 2 N–H and O–H groups in total. The van der Waals surface area contributed by atoms with Crippen LogP contribution in [0.25, 0.3) is 0 Å². The maximum absolute atomic E-state index is 5.71. The van der Waals surface area contributed by atoms with E-state index in [9.17, 15) is 0 Å². The smallest absolute Gasteiger partial charge is 0.0875 e. The van der Waals surface area contributed by atoms with Crippen molar-refractivity contribution in [3.63, 3.8) is 0 Å². The van der Waals surface area contributed by atoms with Gasteiger partial charge in [0.05, 0.1) is 25.9 Å². The first-order chi connectivity index (χ1) is 4.38. The van der Waals surface area contributed by atoms with Crippen LogP contribution in [0.4, 0.5) is 0 Å². The van der Waals surface area contributed by atoms with Crippen LogP contribution in [0.1, 0.15) is 0 Å². The van der Waals surface area contributed by atoms with E-state index in [1.807, 2.05) is 0 Å². The van der Waals surface area contributed by atoms with E-state index in [1.54, 1.807) is 0 Å². The Morgan fingerprint density at radius 2 is 2.00 bits per heavy atom. The van der Waals surface area contributed by atoms with E-state index in [0.29, 0.717) is 12.0 Å². The lowest BCUT2D eigenvalue weighted by Crippen LogP contribution is -2.30. The second-order valence-electron chi connectivity index (χ2n) is 2.74. The normalized spacial score (nSPS) is 44.7. The number of fused-ring (bicyclic) bond motifs is 1. The van der Waals surface area contributed by atoms with Crippen molar-refractivity contribution in [2.24, 2.45) is 11.7 Å². The van der Waals surface area contributed by atoms with Crippen LogP contribution in [0.2, 0.25) is 0 Å². The summed E-state index contributed by atoms with van der Waals surface area (Å²) in [6, 6.07) is 0.220. The van der Waals surface area contributed by atoms with Gasteiger partial charge in [-0.15, -0.1) is 12.4 Å². The Morgan fingerprint density at radius 3 is 2.70 bits per heavy atom. The van der Waals surface area contributed by atoms with Crippen LogP contribution in [0, 0.1) is 5.92 Å². The minimum atomic E-state index is 0. The second kappa shape index (κ2) is 3.05. The summed E-state index contributed by atoms with van der Waals surface area (Å²) in [5.41, 5.74) is 5.71. The highest BCUT2D eigenvalue weighted by Crippen LogP contribution is 2.25. The molecule has 2 aliphatic rings. The summed E-state index contributed by atoms with van der Waals surface area (Å²) in [5, 5.41) is 0. The lowest BCUT2D eigenvalue weighted by Gasteiger charge is -2.06. The summed E-state index contributed by atoms with van der Waals surface area (Å²) >= 11 is 0. The zero-order chi connectivity index (χ0) is 6.27. The van der Waals surface area contributed by atoms with E-state index in [-0.39, 0.29) is 18.4 Å². The molecule has 2 heterocycles. The average molecular weight is 166 g/mol. The Hall–Kier alpha value is 0.170. The molecule has 3 nitrogen and oxygen atoms in total. The minimum absolute atomic E-state index is 0. The van der Waals surface area contributed by atoms with Gasteiger partial charge in [-0.05, 0) is 0 Å². The van der Waals surface area contributed by atoms with E-state index >= 15 is 0 Å². The van der Waals surface area contributed by atoms with Crippen LogP contribution in [0.5, 0.6) is 0 Å². The van der Waals surface area contributed by atoms with E-state index in [4.69, 9.17) is 15.2 Å². The minimum Gasteiger partial charge on any atom is -0.378 e. The third kappa shape index (κ3) is 1.14. The van der Waals surface area contributed by atoms with Gasteiger partial charge in [-0.2, -0.15) is 0 Å². The van der Waals surface area contributed by atoms with Gasteiger partial charge >= 0.3 is 0 Å². The van der Waals surface area contributed by atoms with Gasteiger partial charge in [-0.25, -0.2) is 0 Å². The van der Waals surface area contributed by atoms with Crippen LogP contribution in [0.3, 0.4) is 0 Å². The molecule has 0 aromatic heterocycles. The third-order valence-electron chi connectivity index (χ3n) is 2.12. The number of hydrogen-bond donors (Lipinski definition) is 1. The molecule has 2 aliphatic heterocycles. The largest absolute Gasteiger partial charge is 0.378 e. The zero-order valence-electron chi connectivity index (χ0n) is 5.66. The Labute approximate surface area is 66.3 Å². The van der Waals surface area contributed by atoms with Crippen molar-refractivity contribution in [3.05, 3.63) is 0 Å². The molecule has 60 valence electrons. The molecule has 2 rings (SSSR count). The van der Waals surface area contributed by atoms with Crippen molar-refractivity contribution in [3.8, 4) is 0 Å². The summed E-state index contributed by atoms with van der Waals surface area (Å²) in [4.78, 5) is 0. The highest BCUT2D eigenvalue weighted by Gasteiger charge is 2.39. The molecule has 0 saturated carbocycles. The average Bonchev–Trinajstić information content (AvgIpc) is 2.35. The Balaban J connectivity index is 0.000000500. The van der Waals surface area contributed by atoms with Gasteiger partial charge in [0.25, 0.3) is 0 Å². The van der Waals surface area contributed by atoms with Gasteiger partial charge in [-0.3, -0.25) is 0 Å². The van der Waals surface area contributed by atoms with Crippen LogP contribution in [0.15, 0.2) is 0 Å². The second-order valence-corrected chi connectivity index (χ2v) is 2.74. The van der Waals surface area contributed by atoms with E-state index in [2.05, 4.69) is 0 Å². The van der Waals surface area contributed by atoms with Gasteiger partial charge in [-0.1, -0.05) is 0 Å². The zero-order valence-corrected chi connectivity index (χ0v) is 6.47. The van der Waals surface area contributed by atoms with Gasteiger partial charge < -0.3 is 15.2 Å². The first kappa shape index (κ1) is 8.27. The number of nitrogens with two attached hydrogens (primary N) is 1. The predicted molar refractivity (Wildman–Crippen MR) is 39.3 cm³/mol. The van der Waals surface area contributed by atoms with Crippen molar-refractivity contribution < 1.29 is 9.47 Å². The number of ether oxygens (including phenoxy) is 2. The quantitative estimate of drug-likeness (QED) is 0.540. The highest BCUT2D eigenvalue weighted by atomic mass is 35.5. The van der Waals surface area contributed by atoms with Gasteiger partial charge in [0, 0.05) is 12.0 Å². The van der Waals surface area contributed by atoms with Crippen LogP contribution < -0.4 is 5.73 Å². The topological polar surface area (TPSA) is 44.5 Å². The van der Waals surface area contributed by atoms with Gasteiger partial charge in [0.1, 0.15) is 0 Å². The lowest BCUT2D eigenvalue weighted by atomic mass is 10.0. The van der Waals surface area contributed by atoms with Crippen molar-refractivity contribution in [1.82, 2.24) is 0 Å². The maximum Gasteiger partial charge on any atom is 0.0875 e. The SMILES string of the molecule is Cl.NC1COC2COCC12. The lowest BCUT2D eigenvalue weighted by molar-refractivity contribution is 0.0690. The van der Waals surface area contributed by atoms with Crippen molar-refractivity contribution in [2.45, 2.75) is 12.1 Å². The molecule has 0 bridgehead atoms. The van der Waals surface area contributed by atoms with Crippen LogP contribution in [-0.2, 0) is 9.47 Å². The molecule has 0 amide bonds. The molecule has 2 saturated heterocycles. The van der Waals surface area contributed by atoms with E-state index in [0.717, 1.165) is 19.8 Å². The molecular formula is C6H12ClNO2. The molecule has 0 aliphatic carbocycles. The van der Waals surface area contributed by atoms with E-state index in [1.165, 1.54) is 0 Å². The van der Waals surface area contributed by atoms with E-state index < -0.39 is 0 Å². The summed E-state index contributed by atoms with van der Waals surface area (Å²) in [5.74, 6) is 0.477. The Kier molecular flexibility index (Phi) is 2.52. The number of hydrogen-bond acceptors (Lipinski definition) is 3. The molecule has 0 spiro atoms. The Bertz CT molecular complexity index is 122. The molecule has 0 aromatic rings. The number of rotatable bonds is 0. The molecule has 2 fully saturated rings. The first-order valence-corrected chi connectivity index (χ1v) is 3.33. The van der Waals surface area contributed by atoms with Crippen LogP contribution >= 0.6 is 12.4 Å². The Morgan fingerprint density at radius 1 is 1.20 bits per heavy atom. The predicted octanol–water partition coefficient (Wildman–Crippen LogP) is -0.219. The monoisotopic (exact) mass is 165 g/mol. The standard InChI is InChI=1S/C6H11NO2.ClH/c7-5-2-9-6-3-8-1-4(5)6;/h4-6H,1-3,7H2;1H. The van der Waals surface area contributed by atoms with Crippen molar-refractivity contribution in [2.75, 3.05) is 19.8 Å². The fourth-order valence-electron chi connectivity index (χ4n) is 1.48. The summed E-state index contributed by atoms with van der Waals surface area (Å²) in [6.07, 6.45) is 0.306. The summed E-state index contributed by atoms with van der Waals surface area (Å²) in [7, 11) is 0. The van der Waals surface area contributed by atoms with Gasteiger partial charge in [0.15, 0.2) is 0 Å². The maximum atomic E-state index is 5.71. The fraction of sp³-hybridized carbons (Fsp3) is 1.00. The molecule has 0 aromatic carbocycles. The van der Waals surface area contributed by atoms with Crippen molar-refractivity contribution >= 4 is 12.4 Å². The van der Waals surface area contributed by atoms with Gasteiger partial charge in [0.2, 0.25) is 0 Å². The molecule has 0 radical (unpaired) electrons. The molecule has 10 heavy (non-hydrogen) atoms. The first-order valence-electron chi connectivity index (χ1n) is 3.33. The van der Waals surface area contributed by atoms with Crippen molar-refractivity contribution in [1.29, 1.82) is 0 Å². The molecular weight excluding hydrogens is 154 g/mol. The third-order valence-corrected chi connectivity index (χ3v) is 2.12. The molecule has 3 atom stereocenters. The highest BCUT2D eigenvalue weighted by molar-refractivity contribution is 5.85. The summed E-state index contributed by atoms with van der Waals surface area (Å²) < 4.78 is 10.5. The fourth-order valence-corrected chi connectivity index (χ4v) is 1.48. The van der Waals surface area contributed by atoms with Crippen LogP contribution in [-0.4, -0.2) is 32.0 Å². The molecule has 3 unspecified atom stereocenters. The number of halogens is 1. The molecule has 4 heteroatoms.